The summed E-state index contributed by atoms with van der Waals surface area (Å²) in [5.74, 6) is -0.515. The molecule has 6 heteroatoms. The lowest BCUT2D eigenvalue weighted by atomic mass is 9.97. The van der Waals surface area contributed by atoms with Gasteiger partial charge < -0.3 is 14.7 Å². The van der Waals surface area contributed by atoms with Crippen LogP contribution in [0.4, 0.5) is 4.79 Å². The Hall–Kier alpha value is -2.08. The molecule has 1 N–H and O–H groups in total. The van der Waals surface area contributed by atoms with Gasteiger partial charge in [-0.15, -0.1) is 0 Å². The van der Waals surface area contributed by atoms with Crippen LogP contribution in [0.3, 0.4) is 0 Å². The molecule has 1 aromatic rings. The smallest absolute Gasteiger partial charge is 0.409 e. The lowest BCUT2D eigenvalue weighted by Crippen LogP contribution is -2.43. The van der Waals surface area contributed by atoms with Gasteiger partial charge in [-0.2, -0.15) is 0 Å². The van der Waals surface area contributed by atoms with Crippen molar-refractivity contribution < 1.29 is 19.4 Å². The van der Waals surface area contributed by atoms with Crippen LogP contribution in [0.25, 0.3) is 0 Å². The van der Waals surface area contributed by atoms with Crippen molar-refractivity contribution >= 4 is 12.1 Å². The van der Waals surface area contributed by atoms with E-state index in [2.05, 4.69) is 0 Å². The first kappa shape index (κ1) is 17.3. The summed E-state index contributed by atoms with van der Waals surface area (Å²) in [7, 11) is 1.73. The van der Waals surface area contributed by atoms with Crippen LogP contribution < -0.4 is 0 Å². The van der Waals surface area contributed by atoms with E-state index in [0.29, 0.717) is 13.1 Å². The zero-order chi connectivity index (χ0) is 16.7. The summed E-state index contributed by atoms with van der Waals surface area (Å²) >= 11 is 0. The van der Waals surface area contributed by atoms with Gasteiger partial charge in [-0.1, -0.05) is 30.3 Å². The fourth-order valence-electron chi connectivity index (χ4n) is 2.93. The van der Waals surface area contributed by atoms with E-state index in [0.717, 1.165) is 24.9 Å². The second kappa shape index (κ2) is 8.53. The third-order valence-electron chi connectivity index (χ3n) is 4.01. The minimum Gasteiger partial charge on any atom is -0.480 e. The highest BCUT2D eigenvalue weighted by Crippen LogP contribution is 2.17. The van der Waals surface area contributed by atoms with Gasteiger partial charge >= 0.3 is 12.1 Å². The number of carbonyl (C=O) groups is 2. The molecule has 1 aliphatic rings. The standard InChI is InChI=1S/C17H24N2O4/c1-18(17(22)23-13-14-6-3-2-4-7-14)10-15-8-5-9-19(11-15)12-16(20)21/h2-4,6-7,15H,5,8-13H2,1H3,(H,20,21). The molecule has 1 aromatic carbocycles. The number of benzene rings is 1. The van der Waals surface area contributed by atoms with Crippen molar-refractivity contribution in [2.45, 2.75) is 19.4 Å². The highest BCUT2D eigenvalue weighted by atomic mass is 16.6. The van der Waals surface area contributed by atoms with Gasteiger partial charge in [-0.3, -0.25) is 9.69 Å². The number of hydrogen-bond acceptors (Lipinski definition) is 4. The quantitative estimate of drug-likeness (QED) is 0.869. The van der Waals surface area contributed by atoms with Gasteiger partial charge in [0.2, 0.25) is 0 Å². The summed E-state index contributed by atoms with van der Waals surface area (Å²) in [5.41, 5.74) is 0.958. The first-order valence-corrected chi connectivity index (χ1v) is 7.90. The van der Waals surface area contributed by atoms with Crippen LogP contribution in [0, 0.1) is 5.92 Å². The summed E-state index contributed by atoms with van der Waals surface area (Å²) in [6.45, 7) is 2.44. The fourth-order valence-corrected chi connectivity index (χ4v) is 2.93. The van der Waals surface area contributed by atoms with Crippen molar-refractivity contribution in [3.63, 3.8) is 0 Å². The maximum atomic E-state index is 12.0. The maximum absolute atomic E-state index is 12.0. The Kier molecular flexibility index (Phi) is 6.40. The van der Waals surface area contributed by atoms with Gasteiger partial charge in [-0.25, -0.2) is 4.79 Å². The van der Waals surface area contributed by atoms with Gasteiger partial charge in [0.25, 0.3) is 0 Å². The molecule has 6 nitrogen and oxygen atoms in total. The summed E-state index contributed by atoms with van der Waals surface area (Å²) in [5, 5.41) is 8.87. The molecule has 0 radical (unpaired) electrons. The first-order valence-electron chi connectivity index (χ1n) is 7.90. The van der Waals surface area contributed by atoms with E-state index in [9.17, 15) is 9.59 Å². The van der Waals surface area contributed by atoms with Crippen molar-refractivity contribution in [1.29, 1.82) is 0 Å². The summed E-state index contributed by atoms with van der Waals surface area (Å²) < 4.78 is 5.30. The number of hydrogen-bond donors (Lipinski definition) is 1. The van der Waals surface area contributed by atoms with E-state index in [1.54, 1.807) is 11.9 Å². The Morgan fingerprint density at radius 2 is 2.09 bits per heavy atom. The molecule has 0 bridgehead atoms. The number of carboxylic acids is 1. The fraction of sp³-hybridized carbons (Fsp3) is 0.529. The Balaban J connectivity index is 1.75. The SMILES string of the molecule is CN(CC1CCCN(CC(=O)O)C1)C(=O)OCc1ccccc1. The van der Waals surface area contributed by atoms with Gasteiger partial charge in [-0.05, 0) is 30.9 Å². The van der Waals surface area contributed by atoms with Crippen molar-refractivity contribution in [1.82, 2.24) is 9.80 Å². The Labute approximate surface area is 136 Å². The van der Waals surface area contributed by atoms with Gasteiger partial charge in [0.15, 0.2) is 0 Å². The summed E-state index contributed by atoms with van der Waals surface area (Å²) in [6.07, 6.45) is 1.63. The molecule has 1 saturated heterocycles. The lowest BCUT2D eigenvalue weighted by Gasteiger charge is -2.33. The van der Waals surface area contributed by atoms with Crippen LogP contribution in [-0.2, 0) is 16.1 Å². The molecule has 1 amide bonds. The van der Waals surface area contributed by atoms with Crippen LogP contribution in [0.15, 0.2) is 30.3 Å². The number of rotatable bonds is 6. The number of nitrogens with zero attached hydrogens (tertiary/aromatic N) is 2. The van der Waals surface area contributed by atoms with Gasteiger partial charge in [0, 0.05) is 20.1 Å². The molecular weight excluding hydrogens is 296 g/mol. The average molecular weight is 320 g/mol. The number of piperidine rings is 1. The summed E-state index contributed by atoms with van der Waals surface area (Å²) in [4.78, 5) is 26.4. The molecule has 126 valence electrons. The van der Waals surface area contributed by atoms with Crippen LogP contribution in [0.1, 0.15) is 18.4 Å². The predicted molar refractivity (Wildman–Crippen MR) is 86.1 cm³/mol. The average Bonchev–Trinajstić information content (AvgIpc) is 2.53. The van der Waals surface area contributed by atoms with Crippen molar-refractivity contribution in [2.75, 3.05) is 33.2 Å². The zero-order valence-corrected chi connectivity index (χ0v) is 13.5. The molecule has 23 heavy (non-hydrogen) atoms. The first-order chi connectivity index (χ1) is 11.0. The van der Waals surface area contributed by atoms with Gasteiger partial charge in [0.1, 0.15) is 6.61 Å². The topological polar surface area (TPSA) is 70.1 Å². The van der Waals surface area contributed by atoms with E-state index >= 15 is 0 Å². The zero-order valence-electron chi connectivity index (χ0n) is 13.5. The van der Waals surface area contributed by atoms with Crippen LogP contribution in [-0.4, -0.2) is 60.2 Å². The number of likely N-dealkylation sites (tertiary alicyclic amines) is 1. The molecule has 0 spiro atoms. The van der Waals surface area contributed by atoms with E-state index in [4.69, 9.17) is 9.84 Å². The van der Waals surface area contributed by atoms with Crippen LogP contribution in [0.5, 0.6) is 0 Å². The minimum atomic E-state index is -0.804. The summed E-state index contributed by atoms with van der Waals surface area (Å²) in [6, 6.07) is 9.57. The van der Waals surface area contributed by atoms with E-state index < -0.39 is 5.97 Å². The molecule has 1 atom stereocenters. The van der Waals surface area contributed by atoms with E-state index in [1.807, 2.05) is 35.2 Å². The number of aliphatic carboxylic acids is 1. The molecule has 0 aromatic heterocycles. The predicted octanol–water partition coefficient (Wildman–Crippen LogP) is 2.05. The highest BCUT2D eigenvalue weighted by molar-refractivity contribution is 5.69. The van der Waals surface area contributed by atoms with E-state index in [-0.39, 0.29) is 25.2 Å². The van der Waals surface area contributed by atoms with Crippen molar-refractivity contribution in [2.24, 2.45) is 5.92 Å². The maximum Gasteiger partial charge on any atom is 0.409 e. The molecule has 1 aliphatic heterocycles. The molecule has 0 aliphatic carbocycles. The molecule has 2 rings (SSSR count). The molecule has 1 fully saturated rings. The van der Waals surface area contributed by atoms with E-state index in [1.165, 1.54) is 0 Å². The number of amides is 1. The largest absolute Gasteiger partial charge is 0.480 e. The Morgan fingerprint density at radius 3 is 2.78 bits per heavy atom. The molecular formula is C17H24N2O4. The number of carbonyl (C=O) groups excluding carboxylic acids is 1. The third-order valence-corrected chi connectivity index (χ3v) is 4.01. The Morgan fingerprint density at radius 1 is 1.35 bits per heavy atom. The monoisotopic (exact) mass is 320 g/mol. The van der Waals surface area contributed by atoms with Crippen molar-refractivity contribution in [3.8, 4) is 0 Å². The number of carboxylic acid groups (broad SMARTS) is 1. The third kappa shape index (κ3) is 5.90. The molecule has 1 unspecified atom stereocenters. The second-order valence-corrected chi connectivity index (χ2v) is 6.06. The molecule has 1 heterocycles. The van der Waals surface area contributed by atoms with Crippen LogP contribution in [0.2, 0.25) is 0 Å². The van der Waals surface area contributed by atoms with Gasteiger partial charge in [0.05, 0.1) is 6.54 Å². The minimum absolute atomic E-state index is 0.0681. The number of ether oxygens (including phenoxy) is 1. The second-order valence-electron chi connectivity index (χ2n) is 6.06. The van der Waals surface area contributed by atoms with Crippen molar-refractivity contribution in [3.05, 3.63) is 35.9 Å². The lowest BCUT2D eigenvalue weighted by molar-refractivity contribution is -0.138. The normalized spacial score (nSPS) is 18.4. The molecule has 0 saturated carbocycles. The highest BCUT2D eigenvalue weighted by Gasteiger charge is 2.24. The Bertz CT molecular complexity index is 521. The van der Waals surface area contributed by atoms with Crippen LogP contribution >= 0.6 is 0 Å².